The Balaban J connectivity index is 1.91. The van der Waals surface area contributed by atoms with Gasteiger partial charge in [-0.25, -0.2) is 0 Å². The van der Waals surface area contributed by atoms with Gasteiger partial charge in [0.15, 0.2) is 0 Å². The minimum absolute atomic E-state index is 0.0254. The largest absolute Gasteiger partial charge is 0.496 e. The molecule has 0 aliphatic carbocycles. The average Bonchev–Trinajstić information content (AvgIpc) is 2.77. The van der Waals surface area contributed by atoms with Crippen LogP contribution in [-0.4, -0.2) is 13.0 Å². The molecule has 0 aliphatic heterocycles. The summed E-state index contributed by atoms with van der Waals surface area (Å²) in [6.45, 7) is 3.85. The number of carbonyl (C=O) groups is 1. The quantitative estimate of drug-likeness (QED) is 0.291. The molecule has 0 fully saturated rings. The lowest BCUT2D eigenvalue weighted by atomic mass is 10.0. The third kappa shape index (κ3) is 5.59. The number of aryl methyl sites for hydroxylation is 2. The molecule has 0 aromatic heterocycles. The molecular formula is C26H22BrClN2O2. The van der Waals surface area contributed by atoms with E-state index in [0.717, 1.165) is 26.7 Å². The molecule has 0 atom stereocenters. The highest BCUT2D eigenvalue weighted by Crippen LogP contribution is 2.33. The van der Waals surface area contributed by atoms with Crippen LogP contribution in [0, 0.1) is 25.2 Å². The van der Waals surface area contributed by atoms with Crippen molar-refractivity contribution < 1.29 is 9.53 Å². The van der Waals surface area contributed by atoms with Gasteiger partial charge in [0.1, 0.15) is 17.4 Å². The molecule has 1 N–H and O–H groups in total. The predicted molar refractivity (Wildman–Crippen MR) is 133 cm³/mol. The summed E-state index contributed by atoms with van der Waals surface area (Å²) in [6, 6.07) is 19.2. The Kier molecular flexibility index (Phi) is 7.74. The fourth-order valence-corrected chi connectivity index (χ4v) is 3.99. The highest BCUT2D eigenvalue weighted by atomic mass is 79.9. The first-order chi connectivity index (χ1) is 15.3. The second kappa shape index (κ2) is 10.5. The third-order valence-electron chi connectivity index (χ3n) is 5.04. The van der Waals surface area contributed by atoms with Crippen molar-refractivity contribution >= 4 is 45.2 Å². The number of nitriles is 1. The van der Waals surface area contributed by atoms with Crippen LogP contribution in [-0.2, 0) is 11.2 Å². The number of nitrogens with zero attached hydrogens (tertiary/aromatic N) is 1. The van der Waals surface area contributed by atoms with Gasteiger partial charge in [0.05, 0.1) is 7.11 Å². The molecule has 0 bridgehead atoms. The Morgan fingerprint density at radius 3 is 2.62 bits per heavy atom. The number of ether oxygens (including phenoxy) is 1. The maximum absolute atomic E-state index is 12.7. The Bertz CT molecular complexity index is 1250. The van der Waals surface area contributed by atoms with Crippen LogP contribution in [0.3, 0.4) is 0 Å². The number of hydrogen-bond donors (Lipinski definition) is 1. The van der Waals surface area contributed by atoms with Gasteiger partial charge in [0.2, 0.25) is 0 Å². The average molecular weight is 510 g/mol. The van der Waals surface area contributed by atoms with Crippen molar-refractivity contribution in [3.63, 3.8) is 0 Å². The van der Waals surface area contributed by atoms with Crippen LogP contribution in [0.5, 0.6) is 5.75 Å². The number of anilines is 1. The number of rotatable bonds is 6. The molecule has 0 saturated carbocycles. The molecule has 1 amide bonds. The van der Waals surface area contributed by atoms with Gasteiger partial charge in [-0.3, -0.25) is 4.79 Å². The number of nitrogens with one attached hydrogen (secondary N) is 1. The topological polar surface area (TPSA) is 62.1 Å². The summed E-state index contributed by atoms with van der Waals surface area (Å²) >= 11 is 10.1. The minimum Gasteiger partial charge on any atom is -0.496 e. The van der Waals surface area contributed by atoms with Crippen molar-refractivity contribution in [2.45, 2.75) is 20.3 Å². The van der Waals surface area contributed by atoms with Crippen LogP contribution in [0.4, 0.5) is 5.69 Å². The summed E-state index contributed by atoms with van der Waals surface area (Å²) in [5.41, 5.74) is 5.10. The van der Waals surface area contributed by atoms with Gasteiger partial charge in [0.25, 0.3) is 5.91 Å². The molecule has 0 heterocycles. The van der Waals surface area contributed by atoms with Crippen molar-refractivity contribution in [3.05, 3.63) is 97.5 Å². The van der Waals surface area contributed by atoms with E-state index in [1.54, 1.807) is 19.2 Å². The van der Waals surface area contributed by atoms with Crippen LogP contribution in [0.1, 0.15) is 27.8 Å². The Labute approximate surface area is 201 Å². The molecule has 32 heavy (non-hydrogen) atoms. The van der Waals surface area contributed by atoms with Crippen molar-refractivity contribution in [1.82, 2.24) is 0 Å². The molecule has 4 nitrogen and oxygen atoms in total. The van der Waals surface area contributed by atoms with Crippen LogP contribution < -0.4 is 10.1 Å². The van der Waals surface area contributed by atoms with E-state index in [2.05, 4.69) is 21.2 Å². The molecular weight excluding hydrogens is 488 g/mol. The lowest BCUT2D eigenvalue weighted by Gasteiger charge is -2.13. The zero-order chi connectivity index (χ0) is 23.3. The number of hydrogen-bond acceptors (Lipinski definition) is 3. The first-order valence-electron chi connectivity index (χ1n) is 9.92. The highest BCUT2D eigenvalue weighted by molar-refractivity contribution is 9.10. The first-order valence-corrected chi connectivity index (χ1v) is 11.1. The molecule has 3 rings (SSSR count). The smallest absolute Gasteiger partial charge is 0.266 e. The predicted octanol–water partition coefficient (Wildman–Crippen LogP) is 6.86. The van der Waals surface area contributed by atoms with Gasteiger partial charge in [-0.05, 0) is 66.4 Å². The number of amides is 1. The standard InChI is InChI=1S/C26H22BrClN2O2/c1-16-8-9-17(2)24(10-16)30-26(31)20(15-29)11-18-12-23(28)21(25(13-18)32-3)14-19-6-4-5-7-22(19)27/h4-13H,14H2,1-3H3,(H,30,31)/b20-11+. The molecule has 3 aromatic rings. The van der Waals surface area contributed by atoms with Crippen molar-refractivity contribution in [1.29, 1.82) is 5.26 Å². The molecule has 0 spiro atoms. The van der Waals surface area contributed by atoms with E-state index in [-0.39, 0.29) is 5.57 Å². The summed E-state index contributed by atoms with van der Waals surface area (Å²) in [4.78, 5) is 12.7. The van der Waals surface area contributed by atoms with Gasteiger partial charge in [-0.2, -0.15) is 5.26 Å². The van der Waals surface area contributed by atoms with Crippen molar-refractivity contribution in [3.8, 4) is 11.8 Å². The Morgan fingerprint density at radius 1 is 1.19 bits per heavy atom. The van der Waals surface area contributed by atoms with Gasteiger partial charge in [-0.1, -0.05) is 57.9 Å². The first kappa shape index (κ1) is 23.6. The number of halogens is 2. The van der Waals surface area contributed by atoms with E-state index in [9.17, 15) is 10.1 Å². The van der Waals surface area contributed by atoms with Crippen molar-refractivity contribution in [2.24, 2.45) is 0 Å². The molecule has 6 heteroatoms. The second-order valence-electron chi connectivity index (χ2n) is 7.39. The summed E-state index contributed by atoms with van der Waals surface area (Å²) in [5.74, 6) is 0.111. The van der Waals surface area contributed by atoms with E-state index < -0.39 is 5.91 Å². The van der Waals surface area contributed by atoms with Gasteiger partial charge in [-0.15, -0.1) is 0 Å². The van der Waals surface area contributed by atoms with Gasteiger partial charge in [0, 0.05) is 27.2 Å². The number of methoxy groups -OCH3 is 1. The zero-order valence-electron chi connectivity index (χ0n) is 18.0. The molecule has 0 radical (unpaired) electrons. The fourth-order valence-electron chi connectivity index (χ4n) is 3.28. The lowest BCUT2D eigenvalue weighted by Crippen LogP contribution is -2.14. The monoisotopic (exact) mass is 508 g/mol. The summed E-state index contributed by atoms with van der Waals surface area (Å²) < 4.78 is 6.55. The highest BCUT2D eigenvalue weighted by Gasteiger charge is 2.15. The minimum atomic E-state index is -0.478. The Hall–Kier alpha value is -3.07. The van der Waals surface area contributed by atoms with Crippen LogP contribution in [0.2, 0.25) is 5.02 Å². The maximum Gasteiger partial charge on any atom is 0.266 e. The van der Waals surface area contributed by atoms with E-state index in [1.165, 1.54) is 6.08 Å². The van der Waals surface area contributed by atoms with Crippen LogP contribution in [0.15, 0.2) is 64.6 Å². The summed E-state index contributed by atoms with van der Waals surface area (Å²) in [6.07, 6.45) is 2.09. The summed E-state index contributed by atoms with van der Waals surface area (Å²) in [7, 11) is 1.57. The second-order valence-corrected chi connectivity index (χ2v) is 8.66. The normalized spacial score (nSPS) is 11.1. The fraction of sp³-hybridized carbons (Fsp3) is 0.154. The lowest BCUT2D eigenvalue weighted by molar-refractivity contribution is -0.112. The van der Waals surface area contributed by atoms with E-state index in [0.29, 0.717) is 28.4 Å². The number of carbonyl (C=O) groups excluding carboxylic acids is 1. The van der Waals surface area contributed by atoms with Crippen molar-refractivity contribution in [2.75, 3.05) is 12.4 Å². The molecule has 0 saturated heterocycles. The van der Waals surface area contributed by atoms with Gasteiger partial charge >= 0.3 is 0 Å². The molecule has 162 valence electrons. The maximum atomic E-state index is 12.7. The zero-order valence-corrected chi connectivity index (χ0v) is 20.3. The third-order valence-corrected chi connectivity index (χ3v) is 6.15. The van der Waals surface area contributed by atoms with E-state index in [4.69, 9.17) is 16.3 Å². The van der Waals surface area contributed by atoms with E-state index >= 15 is 0 Å². The Morgan fingerprint density at radius 2 is 1.94 bits per heavy atom. The molecule has 0 aliphatic rings. The summed E-state index contributed by atoms with van der Waals surface area (Å²) in [5, 5.41) is 12.9. The van der Waals surface area contributed by atoms with E-state index in [1.807, 2.05) is 62.4 Å². The molecule has 0 unspecified atom stereocenters. The van der Waals surface area contributed by atoms with Gasteiger partial charge < -0.3 is 10.1 Å². The number of benzene rings is 3. The SMILES string of the molecule is COc1cc(/C=C(\C#N)C(=O)Nc2cc(C)ccc2C)cc(Cl)c1Cc1ccccc1Br. The molecule has 3 aromatic carbocycles. The van der Waals surface area contributed by atoms with Crippen LogP contribution in [0.25, 0.3) is 6.08 Å². The van der Waals surface area contributed by atoms with Crippen LogP contribution >= 0.6 is 27.5 Å².